The van der Waals surface area contributed by atoms with E-state index in [0.717, 1.165) is 0 Å². The summed E-state index contributed by atoms with van der Waals surface area (Å²) >= 11 is 0. The van der Waals surface area contributed by atoms with Crippen LogP contribution < -0.4 is 0 Å². The maximum Gasteiger partial charge on any atom is 0.316 e. The highest BCUT2D eigenvalue weighted by Crippen LogP contribution is 1.74. The third-order valence-corrected chi connectivity index (χ3v) is 1.09. The first-order valence-corrected chi connectivity index (χ1v) is 3.12. The van der Waals surface area contributed by atoms with Crippen LogP contribution in [0.2, 0.25) is 0 Å². The second-order valence-electron chi connectivity index (χ2n) is 0.871. The zero-order chi connectivity index (χ0) is 5.21. The first-order chi connectivity index (χ1) is 2.56. The molecule has 0 heterocycles. The van der Waals surface area contributed by atoms with Crippen LogP contribution in [0, 0.1) is 0 Å². The molecular weight excluding hydrogens is 128 g/mol. The van der Waals surface area contributed by atoms with E-state index in [1.54, 1.807) is 0 Å². The van der Waals surface area contributed by atoms with Crippen LogP contribution in [0.5, 0.6) is 0 Å². The molecule has 0 rings (SSSR count). The Hall–Kier alpha value is 0.676. The molecule has 0 unspecified atom stereocenters. The van der Waals surface area contributed by atoms with Gasteiger partial charge in [-0.05, 0) is 6.92 Å². The highest BCUT2D eigenvalue weighted by atomic mass is 32.2. The number of hydrogen-bond donors (Lipinski definition) is 1. The summed E-state index contributed by atoms with van der Waals surface area (Å²) < 4.78 is 26.9. The summed E-state index contributed by atoms with van der Waals surface area (Å²) in [6, 6.07) is 0. The Kier molecular flexibility index (Phi) is 5.54. The molecule has 0 aromatic carbocycles. The van der Waals surface area contributed by atoms with E-state index < -0.39 is 10.1 Å². The van der Waals surface area contributed by atoms with Crippen molar-refractivity contribution in [1.82, 2.24) is 0 Å². The van der Waals surface area contributed by atoms with E-state index in [1.807, 2.05) is 0 Å². The van der Waals surface area contributed by atoms with Gasteiger partial charge in [-0.1, -0.05) is 0 Å². The minimum atomic E-state index is -3.66. The Morgan fingerprint density at radius 2 is 1.71 bits per heavy atom. The molecule has 5 heteroatoms. The smallest absolute Gasteiger partial charge is 0.286 e. The van der Waals surface area contributed by atoms with Gasteiger partial charge in [0, 0.05) is 0 Å². The maximum absolute atomic E-state index is 9.56. The van der Waals surface area contributed by atoms with Gasteiger partial charge in [-0.3, -0.25) is 4.55 Å². The van der Waals surface area contributed by atoms with Crippen molar-refractivity contribution in [1.29, 1.82) is 0 Å². The Labute approximate surface area is 59.0 Å². The highest BCUT2D eigenvalue weighted by molar-refractivity contribution is 7.85. The molecule has 0 amide bonds. The third kappa shape index (κ3) is 10.8. The topological polar surface area (TPSA) is 54.4 Å². The predicted octanol–water partition coefficient (Wildman–Crippen LogP) is -1.02. The molecule has 0 saturated heterocycles. The summed E-state index contributed by atoms with van der Waals surface area (Å²) in [7, 11) is -3.66. The molecule has 7 heavy (non-hydrogen) atoms. The summed E-state index contributed by atoms with van der Waals surface area (Å²) in [4.78, 5) is 0. The molecule has 0 atom stereocenters. The molecule has 1 N–H and O–H groups in total. The number of rotatable bonds is 1. The molecule has 0 radical (unpaired) electrons. The van der Waals surface area contributed by atoms with Crippen LogP contribution in [-0.4, -0.2) is 41.8 Å². The van der Waals surface area contributed by atoms with Gasteiger partial charge in [-0.15, -0.1) is 0 Å². The molecule has 0 bridgehead atoms. The Morgan fingerprint density at radius 1 is 1.57 bits per heavy atom. The summed E-state index contributed by atoms with van der Waals surface area (Å²) in [5.41, 5.74) is 0. The van der Waals surface area contributed by atoms with Gasteiger partial charge in [0.05, 0.1) is 5.75 Å². The van der Waals surface area contributed by atoms with E-state index in [0.29, 0.717) is 0 Å². The van der Waals surface area contributed by atoms with E-state index in [9.17, 15) is 8.42 Å². The summed E-state index contributed by atoms with van der Waals surface area (Å²) in [5.74, 6) is -0.201. The van der Waals surface area contributed by atoms with E-state index in [1.165, 1.54) is 6.92 Å². The second kappa shape index (κ2) is 3.65. The van der Waals surface area contributed by atoms with Crippen molar-refractivity contribution >= 4 is 33.2 Å². The molecule has 0 aliphatic carbocycles. The summed E-state index contributed by atoms with van der Waals surface area (Å²) in [6.45, 7) is 1.37. The van der Waals surface area contributed by atoms with Crippen molar-refractivity contribution in [2.45, 2.75) is 6.92 Å². The monoisotopic (exact) mass is 136 g/mol. The first kappa shape index (κ1) is 10.6. The Bertz CT molecular complexity index is 115. The van der Waals surface area contributed by atoms with E-state index in [-0.39, 0.29) is 28.8 Å². The minimum absolute atomic E-state index is 0. The van der Waals surface area contributed by atoms with Gasteiger partial charge in [0.2, 0.25) is 0 Å². The third-order valence-electron chi connectivity index (χ3n) is 0.365. The molecule has 0 saturated carbocycles. The van der Waals surface area contributed by atoms with E-state index in [2.05, 4.69) is 0 Å². The Morgan fingerprint density at radius 3 is 1.71 bits per heavy atom. The van der Waals surface area contributed by atoms with Crippen molar-refractivity contribution in [3.63, 3.8) is 0 Å². The summed E-state index contributed by atoms with van der Waals surface area (Å²) in [6.07, 6.45) is 0. The largest absolute Gasteiger partial charge is 0.316 e. The van der Waals surface area contributed by atoms with Gasteiger partial charge in [0.15, 0.2) is 0 Å². The average molecular weight is 136 g/mol. The van der Waals surface area contributed by atoms with Crippen molar-refractivity contribution in [2.75, 3.05) is 5.75 Å². The lowest BCUT2D eigenvalue weighted by atomic mass is 11.0. The standard InChI is InChI=1S/C2H6O3S.Mg.2H/c1-2-6(3,4)5;;;/h2H2,1H3,(H,3,4,5);;;. The normalized spacial score (nSPS) is 10.0. The van der Waals surface area contributed by atoms with Crippen LogP contribution in [0.1, 0.15) is 6.92 Å². The SMILES string of the molecule is CCS(=O)(=O)O.[MgH2]. The van der Waals surface area contributed by atoms with Crippen LogP contribution in [0.4, 0.5) is 0 Å². The van der Waals surface area contributed by atoms with Crippen molar-refractivity contribution in [3.8, 4) is 0 Å². The fourth-order valence-electron chi connectivity index (χ4n) is 0. The van der Waals surface area contributed by atoms with Crippen LogP contribution in [-0.2, 0) is 10.1 Å². The lowest BCUT2D eigenvalue weighted by molar-refractivity contribution is 0.484. The predicted molar refractivity (Wildman–Crippen MR) is 30.6 cm³/mol. The average Bonchev–Trinajstić information content (AvgIpc) is 1.35. The zero-order valence-electron chi connectivity index (χ0n) is 3.38. The van der Waals surface area contributed by atoms with Gasteiger partial charge in [-0.2, -0.15) is 8.42 Å². The van der Waals surface area contributed by atoms with Crippen LogP contribution in [0.15, 0.2) is 0 Å². The van der Waals surface area contributed by atoms with Crippen LogP contribution in [0.25, 0.3) is 0 Å². The maximum atomic E-state index is 9.56. The van der Waals surface area contributed by atoms with Gasteiger partial charge in [-0.25, -0.2) is 0 Å². The molecule has 0 aromatic rings. The van der Waals surface area contributed by atoms with Crippen molar-refractivity contribution in [3.05, 3.63) is 0 Å². The van der Waals surface area contributed by atoms with Crippen molar-refractivity contribution < 1.29 is 13.0 Å². The van der Waals surface area contributed by atoms with Gasteiger partial charge in [0.25, 0.3) is 10.1 Å². The van der Waals surface area contributed by atoms with Crippen LogP contribution >= 0.6 is 0 Å². The van der Waals surface area contributed by atoms with Crippen LogP contribution in [0.3, 0.4) is 0 Å². The lowest BCUT2D eigenvalue weighted by Gasteiger charge is -1.79. The fraction of sp³-hybridized carbons (Fsp3) is 1.00. The molecule has 3 nitrogen and oxygen atoms in total. The van der Waals surface area contributed by atoms with E-state index in [4.69, 9.17) is 4.55 Å². The van der Waals surface area contributed by atoms with Gasteiger partial charge in [0.1, 0.15) is 0 Å². The lowest BCUT2D eigenvalue weighted by Crippen LogP contribution is -1.97. The molecule has 0 aromatic heterocycles. The van der Waals surface area contributed by atoms with E-state index >= 15 is 0 Å². The van der Waals surface area contributed by atoms with Gasteiger partial charge >= 0.3 is 23.1 Å². The van der Waals surface area contributed by atoms with Gasteiger partial charge < -0.3 is 0 Å². The molecule has 0 spiro atoms. The molecule has 0 fully saturated rings. The zero-order valence-corrected chi connectivity index (χ0v) is 4.20. The summed E-state index contributed by atoms with van der Waals surface area (Å²) in [5, 5.41) is 0. The first-order valence-electron chi connectivity index (χ1n) is 1.51. The second-order valence-corrected chi connectivity index (χ2v) is 2.61. The Balaban J connectivity index is 0. The molecule has 42 valence electrons. The molecule has 0 aliphatic heterocycles. The molecular formula is C2H8MgO3S. The van der Waals surface area contributed by atoms with Crippen molar-refractivity contribution in [2.24, 2.45) is 0 Å². The molecule has 0 aliphatic rings. The quantitative estimate of drug-likeness (QED) is 0.371. The number of hydrogen-bond acceptors (Lipinski definition) is 2. The minimum Gasteiger partial charge on any atom is -0.286 e. The highest BCUT2D eigenvalue weighted by Gasteiger charge is 1.93. The fourth-order valence-corrected chi connectivity index (χ4v) is 0.